The van der Waals surface area contributed by atoms with E-state index in [4.69, 9.17) is 4.74 Å². The molecule has 1 saturated heterocycles. The lowest BCUT2D eigenvalue weighted by atomic mass is 10.1. The Morgan fingerprint density at radius 1 is 1.20 bits per heavy atom. The topological polar surface area (TPSA) is 24.5 Å². The van der Waals surface area contributed by atoms with Crippen LogP contribution < -0.4 is 5.32 Å². The number of nitrogens with one attached hydrogen (secondary N) is 1. The van der Waals surface area contributed by atoms with Crippen LogP contribution in [0.2, 0.25) is 0 Å². The predicted molar refractivity (Wildman–Crippen MR) is 87.2 cm³/mol. The number of unbranched alkanes of at least 4 members (excludes halogenated alkanes) is 3. The standard InChI is InChI=1S/C17H36N2O/c1-5-17-14-20-16(4)13-19(17)11-9-7-6-8-10-18-12-15(2)3/h15-18H,5-14H2,1-4H3. The minimum atomic E-state index is 0.415. The third kappa shape index (κ3) is 7.61. The van der Waals surface area contributed by atoms with E-state index in [1.807, 2.05) is 0 Å². The molecular formula is C17H36N2O. The highest BCUT2D eigenvalue weighted by Gasteiger charge is 2.24. The van der Waals surface area contributed by atoms with E-state index in [0.29, 0.717) is 12.1 Å². The number of nitrogens with zero attached hydrogens (tertiary/aromatic N) is 1. The average molecular weight is 284 g/mol. The van der Waals surface area contributed by atoms with E-state index in [1.54, 1.807) is 0 Å². The van der Waals surface area contributed by atoms with Crippen LogP contribution in [0.5, 0.6) is 0 Å². The molecule has 0 aromatic carbocycles. The maximum atomic E-state index is 5.75. The lowest BCUT2D eigenvalue weighted by Crippen LogP contribution is -2.48. The fourth-order valence-electron chi connectivity index (χ4n) is 2.87. The summed E-state index contributed by atoms with van der Waals surface area (Å²) in [5.41, 5.74) is 0. The van der Waals surface area contributed by atoms with Crippen molar-refractivity contribution in [1.82, 2.24) is 10.2 Å². The van der Waals surface area contributed by atoms with Gasteiger partial charge in [0.15, 0.2) is 0 Å². The lowest BCUT2D eigenvalue weighted by Gasteiger charge is -2.38. The Balaban J connectivity index is 1.99. The predicted octanol–water partition coefficient (Wildman–Crippen LogP) is 3.29. The van der Waals surface area contributed by atoms with Crippen molar-refractivity contribution in [1.29, 1.82) is 0 Å². The van der Waals surface area contributed by atoms with Crippen LogP contribution in [0.25, 0.3) is 0 Å². The highest BCUT2D eigenvalue weighted by atomic mass is 16.5. The molecule has 0 aromatic rings. The average Bonchev–Trinajstić information content (AvgIpc) is 2.41. The number of hydrogen-bond donors (Lipinski definition) is 1. The van der Waals surface area contributed by atoms with Gasteiger partial charge < -0.3 is 10.1 Å². The molecular weight excluding hydrogens is 248 g/mol. The van der Waals surface area contributed by atoms with E-state index >= 15 is 0 Å². The van der Waals surface area contributed by atoms with Gasteiger partial charge in [-0.25, -0.2) is 0 Å². The van der Waals surface area contributed by atoms with Gasteiger partial charge in [-0.15, -0.1) is 0 Å². The molecule has 3 heteroatoms. The van der Waals surface area contributed by atoms with Crippen molar-refractivity contribution in [3.8, 4) is 0 Å². The monoisotopic (exact) mass is 284 g/mol. The zero-order valence-corrected chi connectivity index (χ0v) is 14.2. The normalized spacial score (nSPS) is 24.4. The summed E-state index contributed by atoms with van der Waals surface area (Å²) in [4.78, 5) is 2.64. The quantitative estimate of drug-likeness (QED) is 0.623. The Bertz CT molecular complexity index is 233. The van der Waals surface area contributed by atoms with E-state index in [2.05, 4.69) is 37.9 Å². The van der Waals surface area contributed by atoms with Crippen molar-refractivity contribution in [3.05, 3.63) is 0 Å². The molecule has 1 N–H and O–H groups in total. The van der Waals surface area contributed by atoms with Crippen LogP contribution in [0, 0.1) is 5.92 Å². The van der Waals surface area contributed by atoms with Crippen molar-refractivity contribution in [2.24, 2.45) is 5.92 Å². The molecule has 2 unspecified atom stereocenters. The second kappa shape index (κ2) is 10.6. The minimum absolute atomic E-state index is 0.415. The molecule has 0 amide bonds. The summed E-state index contributed by atoms with van der Waals surface area (Å²) in [5.74, 6) is 0.768. The number of ether oxygens (including phenoxy) is 1. The Hall–Kier alpha value is -0.120. The summed E-state index contributed by atoms with van der Waals surface area (Å²) in [5, 5.41) is 3.52. The van der Waals surface area contributed by atoms with Crippen molar-refractivity contribution < 1.29 is 4.74 Å². The van der Waals surface area contributed by atoms with Crippen molar-refractivity contribution in [2.45, 2.75) is 71.9 Å². The van der Waals surface area contributed by atoms with E-state index in [9.17, 15) is 0 Å². The van der Waals surface area contributed by atoms with E-state index in [-0.39, 0.29) is 0 Å². The second-order valence-corrected chi connectivity index (χ2v) is 6.71. The third-order valence-corrected chi connectivity index (χ3v) is 4.15. The molecule has 1 aliphatic heterocycles. The molecule has 1 aliphatic rings. The van der Waals surface area contributed by atoms with Crippen LogP contribution in [0.4, 0.5) is 0 Å². The van der Waals surface area contributed by atoms with Gasteiger partial charge in [-0.3, -0.25) is 4.90 Å². The molecule has 0 aromatic heterocycles. The van der Waals surface area contributed by atoms with Crippen molar-refractivity contribution in [3.63, 3.8) is 0 Å². The van der Waals surface area contributed by atoms with Crippen LogP contribution in [-0.4, -0.2) is 49.8 Å². The molecule has 0 radical (unpaired) electrons. The molecule has 0 aliphatic carbocycles. The summed E-state index contributed by atoms with van der Waals surface area (Å²) in [6.45, 7) is 14.6. The van der Waals surface area contributed by atoms with Crippen LogP contribution in [0.1, 0.15) is 59.8 Å². The smallest absolute Gasteiger partial charge is 0.0674 e. The zero-order valence-electron chi connectivity index (χ0n) is 14.2. The molecule has 20 heavy (non-hydrogen) atoms. The molecule has 0 saturated carbocycles. The van der Waals surface area contributed by atoms with Crippen LogP contribution in [-0.2, 0) is 4.74 Å². The van der Waals surface area contributed by atoms with E-state index in [0.717, 1.165) is 25.6 Å². The van der Waals surface area contributed by atoms with Gasteiger partial charge >= 0.3 is 0 Å². The van der Waals surface area contributed by atoms with Gasteiger partial charge in [0.2, 0.25) is 0 Å². The summed E-state index contributed by atoms with van der Waals surface area (Å²) in [6, 6.07) is 0.652. The van der Waals surface area contributed by atoms with Crippen LogP contribution in [0.3, 0.4) is 0 Å². The highest BCUT2D eigenvalue weighted by Crippen LogP contribution is 2.15. The van der Waals surface area contributed by atoms with Gasteiger partial charge in [-0.05, 0) is 51.7 Å². The molecule has 1 heterocycles. The van der Waals surface area contributed by atoms with Gasteiger partial charge in [0.25, 0.3) is 0 Å². The third-order valence-electron chi connectivity index (χ3n) is 4.15. The van der Waals surface area contributed by atoms with Crippen LogP contribution in [0.15, 0.2) is 0 Å². The van der Waals surface area contributed by atoms with Crippen LogP contribution >= 0.6 is 0 Å². The first-order valence-electron chi connectivity index (χ1n) is 8.69. The minimum Gasteiger partial charge on any atom is -0.376 e. The largest absolute Gasteiger partial charge is 0.376 e. The Kier molecular flexibility index (Phi) is 9.49. The van der Waals surface area contributed by atoms with Gasteiger partial charge in [0, 0.05) is 12.6 Å². The highest BCUT2D eigenvalue weighted by molar-refractivity contribution is 4.77. The number of rotatable bonds is 10. The second-order valence-electron chi connectivity index (χ2n) is 6.71. The van der Waals surface area contributed by atoms with Gasteiger partial charge in [-0.1, -0.05) is 33.6 Å². The zero-order chi connectivity index (χ0) is 14.8. The van der Waals surface area contributed by atoms with Gasteiger partial charge in [-0.2, -0.15) is 0 Å². The number of morpholine rings is 1. The van der Waals surface area contributed by atoms with Crippen molar-refractivity contribution in [2.75, 3.05) is 32.8 Å². The SMILES string of the molecule is CCC1COC(C)CN1CCCCCCNCC(C)C. The van der Waals surface area contributed by atoms with Gasteiger partial charge in [0.1, 0.15) is 0 Å². The van der Waals surface area contributed by atoms with Gasteiger partial charge in [0.05, 0.1) is 12.7 Å². The fraction of sp³-hybridized carbons (Fsp3) is 1.00. The first-order valence-corrected chi connectivity index (χ1v) is 8.69. The molecule has 2 atom stereocenters. The molecule has 1 fully saturated rings. The maximum absolute atomic E-state index is 5.75. The molecule has 3 nitrogen and oxygen atoms in total. The first-order chi connectivity index (χ1) is 9.63. The summed E-state index contributed by atoms with van der Waals surface area (Å²) in [7, 11) is 0. The maximum Gasteiger partial charge on any atom is 0.0674 e. The number of hydrogen-bond acceptors (Lipinski definition) is 3. The molecule has 0 spiro atoms. The molecule has 1 rings (SSSR count). The first kappa shape index (κ1) is 17.9. The van der Waals surface area contributed by atoms with Crippen molar-refractivity contribution >= 4 is 0 Å². The van der Waals surface area contributed by atoms with E-state index in [1.165, 1.54) is 45.2 Å². The molecule has 120 valence electrons. The van der Waals surface area contributed by atoms with E-state index < -0.39 is 0 Å². The lowest BCUT2D eigenvalue weighted by molar-refractivity contribution is -0.0561. The summed E-state index contributed by atoms with van der Waals surface area (Å²) in [6.07, 6.45) is 7.02. The fourth-order valence-corrected chi connectivity index (χ4v) is 2.87. The Labute approximate surface area is 126 Å². The summed E-state index contributed by atoms with van der Waals surface area (Å²) >= 11 is 0. The summed E-state index contributed by atoms with van der Waals surface area (Å²) < 4.78 is 5.75. The Morgan fingerprint density at radius 3 is 2.65 bits per heavy atom. The Morgan fingerprint density at radius 2 is 1.95 bits per heavy atom. The molecule has 0 bridgehead atoms.